The van der Waals surface area contributed by atoms with Crippen LogP contribution in [0.5, 0.6) is 0 Å². The van der Waals surface area contributed by atoms with Gasteiger partial charge in [-0.3, -0.25) is 0 Å². The Labute approximate surface area is 105 Å². The third-order valence-corrected chi connectivity index (χ3v) is 3.30. The lowest BCUT2D eigenvalue weighted by Crippen LogP contribution is -1.87. The van der Waals surface area contributed by atoms with Crippen molar-refractivity contribution in [1.29, 1.82) is 0 Å². The van der Waals surface area contributed by atoms with Gasteiger partial charge in [-0.25, -0.2) is 4.98 Å². The molecule has 0 radical (unpaired) electrons. The van der Waals surface area contributed by atoms with Crippen LogP contribution in [0.1, 0.15) is 17.0 Å². The standard InChI is InChI=1S/C16H12N2/c1-4-11-10(3)12-8-6-7-9-13(12)16-15(11)17-14(5-2)18-16/h2,4,6-9H,1H2,3H3,(H,17,18). The van der Waals surface area contributed by atoms with E-state index in [1.807, 2.05) is 18.2 Å². The minimum Gasteiger partial charge on any atom is -0.331 e. The zero-order valence-corrected chi connectivity index (χ0v) is 10.1. The van der Waals surface area contributed by atoms with Gasteiger partial charge < -0.3 is 4.98 Å². The average molecular weight is 232 g/mol. The monoisotopic (exact) mass is 232 g/mol. The Morgan fingerprint density at radius 1 is 1.33 bits per heavy atom. The minimum atomic E-state index is 0.559. The molecule has 2 aromatic carbocycles. The number of aryl methyl sites for hydroxylation is 1. The molecule has 1 N–H and O–H groups in total. The fourth-order valence-electron chi connectivity index (χ4n) is 2.44. The zero-order chi connectivity index (χ0) is 12.7. The molecule has 1 aromatic heterocycles. The van der Waals surface area contributed by atoms with Gasteiger partial charge in [0.25, 0.3) is 0 Å². The molecular formula is C16H12N2. The van der Waals surface area contributed by atoms with Gasteiger partial charge in [0.15, 0.2) is 5.82 Å². The number of aromatic nitrogens is 2. The molecule has 0 atom stereocenters. The summed E-state index contributed by atoms with van der Waals surface area (Å²) in [6.07, 6.45) is 7.27. The Bertz CT molecular complexity index is 816. The highest BCUT2D eigenvalue weighted by Gasteiger charge is 2.12. The third-order valence-electron chi connectivity index (χ3n) is 3.30. The van der Waals surface area contributed by atoms with Crippen molar-refractivity contribution < 1.29 is 0 Å². The number of aromatic amines is 1. The normalized spacial score (nSPS) is 10.7. The Kier molecular flexibility index (Phi) is 2.21. The van der Waals surface area contributed by atoms with Crippen LogP contribution < -0.4 is 0 Å². The van der Waals surface area contributed by atoms with Crippen molar-refractivity contribution in [3.63, 3.8) is 0 Å². The van der Waals surface area contributed by atoms with E-state index in [-0.39, 0.29) is 0 Å². The maximum atomic E-state index is 5.42. The van der Waals surface area contributed by atoms with Crippen molar-refractivity contribution in [1.82, 2.24) is 9.97 Å². The second-order valence-electron chi connectivity index (χ2n) is 4.24. The van der Waals surface area contributed by atoms with Gasteiger partial charge in [0, 0.05) is 10.9 Å². The topological polar surface area (TPSA) is 28.7 Å². The highest BCUT2D eigenvalue weighted by molar-refractivity contribution is 6.09. The Morgan fingerprint density at radius 3 is 2.72 bits per heavy atom. The van der Waals surface area contributed by atoms with Gasteiger partial charge in [-0.1, -0.05) is 36.9 Å². The molecule has 3 rings (SSSR count). The molecule has 0 saturated heterocycles. The molecule has 2 heteroatoms. The zero-order valence-electron chi connectivity index (χ0n) is 10.1. The highest BCUT2D eigenvalue weighted by Crippen LogP contribution is 2.31. The Morgan fingerprint density at radius 2 is 2.06 bits per heavy atom. The van der Waals surface area contributed by atoms with Crippen LogP contribution in [0.15, 0.2) is 30.8 Å². The molecule has 1 heterocycles. The van der Waals surface area contributed by atoms with E-state index in [0.717, 1.165) is 22.0 Å². The molecule has 2 nitrogen and oxygen atoms in total. The molecule has 0 aliphatic rings. The summed E-state index contributed by atoms with van der Waals surface area (Å²) in [6, 6.07) is 8.21. The van der Waals surface area contributed by atoms with E-state index in [4.69, 9.17) is 6.42 Å². The van der Waals surface area contributed by atoms with Crippen molar-refractivity contribution in [3.05, 3.63) is 47.8 Å². The van der Waals surface area contributed by atoms with Gasteiger partial charge in [-0.15, -0.1) is 6.42 Å². The number of benzene rings is 2. The number of imidazole rings is 1. The summed E-state index contributed by atoms with van der Waals surface area (Å²) < 4.78 is 0. The van der Waals surface area contributed by atoms with Crippen LogP contribution in [0, 0.1) is 19.3 Å². The number of rotatable bonds is 1. The molecule has 0 unspecified atom stereocenters. The largest absolute Gasteiger partial charge is 0.331 e. The van der Waals surface area contributed by atoms with Crippen LogP contribution in [-0.2, 0) is 0 Å². The van der Waals surface area contributed by atoms with Crippen molar-refractivity contribution >= 4 is 27.9 Å². The van der Waals surface area contributed by atoms with Crippen LogP contribution in [0.3, 0.4) is 0 Å². The van der Waals surface area contributed by atoms with Crippen molar-refractivity contribution in [3.8, 4) is 12.3 Å². The molecule has 0 spiro atoms. The summed E-state index contributed by atoms with van der Waals surface area (Å²) in [5, 5.41) is 2.31. The van der Waals surface area contributed by atoms with Crippen molar-refractivity contribution in [2.75, 3.05) is 0 Å². The highest BCUT2D eigenvalue weighted by atomic mass is 14.9. The first-order valence-corrected chi connectivity index (χ1v) is 5.76. The van der Waals surface area contributed by atoms with E-state index in [2.05, 4.69) is 41.5 Å². The van der Waals surface area contributed by atoms with Gasteiger partial charge >= 0.3 is 0 Å². The summed E-state index contributed by atoms with van der Waals surface area (Å²) in [5.74, 6) is 3.11. The van der Waals surface area contributed by atoms with Crippen LogP contribution in [-0.4, -0.2) is 9.97 Å². The fourth-order valence-corrected chi connectivity index (χ4v) is 2.44. The summed E-state index contributed by atoms with van der Waals surface area (Å²) in [4.78, 5) is 7.65. The van der Waals surface area contributed by atoms with Crippen molar-refractivity contribution in [2.45, 2.75) is 6.92 Å². The number of terminal acetylenes is 1. The first kappa shape index (κ1) is 10.6. The van der Waals surface area contributed by atoms with E-state index in [1.54, 1.807) is 0 Å². The smallest absolute Gasteiger partial charge is 0.183 e. The summed E-state index contributed by atoms with van der Waals surface area (Å²) in [6.45, 7) is 5.98. The Hall–Kier alpha value is -2.53. The second kappa shape index (κ2) is 3.75. The van der Waals surface area contributed by atoms with Gasteiger partial charge in [-0.2, -0.15) is 0 Å². The maximum Gasteiger partial charge on any atom is 0.183 e. The van der Waals surface area contributed by atoms with Gasteiger partial charge in [0.2, 0.25) is 0 Å². The third kappa shape index (κ3) is 1.28. The van der Waals surface area contributed by atoms with Crippen LogP contribution in [0.4, 0.5) is 0 Å². The SMILES string of the molecule is C#Cc1nc2c([nH]1)c(C=C)c(C)c1ccccc12. The molecule has 0 saturated carbocycles. The molecule has 0 bridgehead atoms. The van der Waals surface area contributed by atoms with Crippen LogP contribution in [0.25, 0.3) is 27.9 Å². The number of hydrogen-bond donors (Lipinski definition) is 1. The molecule has 0 aliphatic heterocycles. The van der Waals surface area contributed by atoms with E-state index in [1.165, 1.54) is 10.9 Å². The maximum absolute atomic E-state index is 5.42. The molecule has 86 valence electrons. The molecular weight excluding hydrogens is 220 g/mol. The number of H-pyrrole nitrogens is 1. The minimum absolute atomic E-state index is 0.559. The average Bonchev–Trinajstić information content (AvgIpc) is 2.84. The Balaban J connectivity index is 2.65. The van der Waals surface area contributed by atoms with Gasteiger partial charge in [0.1, 0.15) is 0 Å². The van der Waals surface area contributed by atoms with Gasteiger partial charge in [0.05, 0.1) is 11.0 Å². The predicted octanol–water partition coefficient (Wildman–Crippen LogP) is 3.65. The first-order valence-electron chi connectivity index (χ1n) is 5.76. The summed E-state index contributed by atoms with van der Waals surface area (Å²) in [5.41, 5.74) is 4.14. The quantitative estimate of drug-likeness (QED) is 0.637. The number of fused-ring (bicyclic) bond motifs is 3. The molecule has 0 fully saturated rings. The van der Waals surface area contributed by atoms with Crippen LogP contribution in [0.2, 0.25) is 0 Å². The lowest BCUT2D eigenvalue weighted by molar-refractivity contribution is 1.28. The predicted molar refractivity (Wildman–Crippen MR) is 76.4 cm³/mol. The van der Waals surface area contributed by atoms with E-state index >= 15 is 0 Å². The lowest BCUT2D eigenvalue weighted by Gasteiger charge is -2.07. The lowest BCUT2D eigenvalue weighted by atomic mass is 9.98. The van der Waals surface area contributed by atoms with E-state index in [0.29, 0.717) is 5.82 Å². The molecule has 3 aromatic rings. The van der Waals surface area contributed by atoms with Gasteiger partial charge in [-0.05, 0) is 23.8 Å². The molecule has 18 heavy (non-hydrogen) atoms. The van der Waals surface area contributed by atoms with E-state index < -0.39 is 0 Å². The van der Waals surface area contributed by atoms with E-state index in [9.17, 15) is 0 Å². The number of nitrogens with zero attached hydrogens (tertiary/aromatic N) is 1. The van der Waals surface area contributed by atoms with Crippen LogP contribution >= 0.6 is 0 Å². The van der Waals surface area contributed by atoms with Crippen molar-refractivity contribution in [2.24, 2.45) is 0 Å². The number of hydrogen-bond acceptors (Lipinski definition) is 1. The fraction of sp³-hybridized carbons (Fsp3) is 0.0625. The second-order valence-corrected chi connectivity index (χ2v) is 4.24. The number of nitrogens with one attached hydrogen (secondary N) is 1. The molecule has 0 aliphatic carbocycles. The first-order chi connectivity index (χ1) is 8.76. The summed E-state index contributed by atoms with van der Waals surface area (Å²) in [7, 11) is 0. The molecule has 0 amide bonds. The summed E-state index contributed by atoms with van der Waals surface area (Å²) >= 11 is 0.